The number of benzene rings is 5. The van der Waals surface area contributed by atoms with Crippen molar-refractivity contribution in [3.8, 4) is 28.0 Å². The number of para-hydroxylation sites is 1. The van der Waals surface area contributed by atoms with Gasteiger partial charge in [-0.25, -0.2) is 0 Å². The minimum atomic E-state index is -1.50. The van der Waals surface area contributed by atoms with Crippen molar-refractivity contribution in [2.24, 2.45) is 11.8 Å². The fourth-order valence-corrected chi connectivity index (χ4v) is 8.49. The molecule has 0 radical (unpaired) electrons. The molecule has 0 saturated carbocycles. The summed E-state index contributed by atoms with van der Waals surface area (Å²) in [6.45, 7) is 9.30. The van der Waals surface area contributed by atoms with E-state index >= 15 is 0 Å². The van der Waals surface area contributed by atoms with E-state index in [1.165, 1.54) is 54.4 Å². The molecule has 0 N–H and O–H groups in total. The van der Waals surface area contributed by atoms with E-state index in [0.29, 0.717) is 11.8 Å². The van der Waals surface area contributed by atoms with E-state index in [1.54, 1.807) is 0 Å². The van der Waals surface area contributed by atoms with Crippen molar-refractivity contribution < 1.29 is 3.79 Å². The van der Waals surface area contributed by atoms with Crippen molar-refractivity contribution >= 4 is 36.0 Å². The lowest BCUT2D eigenvalue weighted by Crippen LogP contribution is -2.26. The minimum Gasteiger partial charge on any atom is -0.642 e. The van der Waals surface area contributed by atoms with Gasteiger partial charge in [0.2, 0.25) is 0 Å². The molecule has 1 nitrogen and oxygen atoms in total. The van der Waals surface area contributed by atoms with Gasteiger partial charge in [0.25, 0.3) is 0 Å². The summed E-state index contributed by atoms with van der Waals surface area (Å²) in [4.78, 5) is 0. The molecule has 0 amide bonds. The first kappa shape index (κ1) is 24.6. The van der Waals surface area contributed by atoms with Gasteiger partial charge >= 0.3 is 14.5 Å². The van der Waals surface area contributed by atoms with Crippen LogP contribution in [0.1, 0.15) is 27.7 Å². The van der Waals surface area contributed by atoms with Crippen molar-refractivity contribution in [3.63, 3.8) is 0 Å². The van der Waals surface area contributed by atoms with E-state index in [-0.39, 0.29) is 0 Å². The van der Waals surface area contributed by atoms with Crippen molar-refractivity contribution in [1.82, 2.24) is 0 Å². The van der Waals surface area contributed by atoms with Crippen molar-refractivity contribution in [2.75, 3.05) is 0 Å². The second kappa shape index (κ2) is 10.9. The summed E-state index contributed by atoms with van der Waals surface area (Å²) in [7, 11) is 0. The first-order valence-corrected chi connectivity index (χ1v) is 15.4. The van der Waals surface area contributed by atoms with Gasteiger partial charge in [0, 0.05) is 11.1 Å². The average Bonchev–Trinajstić information content (AvgIpc) is 2.87. The van der Waals surface area contributed by atoms with Crippen LogP contribution in [0.5, 0.6) is 5.75 Å². The SMILES string of the molecule is CC(C)[CH2][Al]([CH2]C(C)C)[O]c1c(-c2cccc3ccccc23)cccc1-c1cccc2ccccc12. The molecule has 0 unspecified atom stereocenters. The largest absolute Gasteiger partial charge is 0.642 e. The van der Waals surface area contributed by atoms with E-state index in [1.807, 2.05) is 0 Å². The van der Waals surface area contributed by atoms with Gasteiger partial charge in [0.1, 0.15) is 0 Å². The summed E-state index contributed by atoms with van der Waals surface area (Å²) in [5.41, 5.74) is 4.88. The maximum atomic E-state index is 7.24. The topological polar surface area (TPSA) is 9.23 Å². The van der Waals surface area contributed by atoms with Gasteiger partial charge in [-0.3, -0.25) is 0 Å². The van der Waals surface area contributed by atoms with Crippen LogP contribution in [0.2, 0.25) is 10.6 Å². The second-order valence-corrected chi connectivity index (χ2v) is 13.2. The zero-order chi connectivity index (χ0) is 25.1. The third-order valence-corrected chi connectivity index (χ3v) is 10.4. The molecule has 0 aromatic heterocycles. The van der Waals surface area contributed by atoms with Crippen LogP contribution in [0.3, 0.4) is 0 Å². The van der Waals surface area contributed by atoms with Gasteiger partial charge in [-0.15, -0.1) is 0 Å². The van der Waals surface area contributed by atoms with Crippen molar-refractivity contribution in [2.45, 2.75) is 38.3 Å². The molecule has 5 aromatic rings. The molecule has 0 aliphatic carbocycles. The van der Waals surface area contributed by atoms with Crippen LogP contribution in [0.25, 0.3) is 43.8 Å². The highest BCUT2D eigenvalue weighted by Gasteiger charge is 2.29. The van der Waals surface area contributed by atoms with Crippen LogP contribution in [0, 0.1) is 11.8 Å². The van der Waals surface area contributed by atoms with Gasteiger partial charge < -0.3 is 3.79 Å². The summed E-state index contributed by atoms with van der Waals surface area (Å²) in [6, 6.07) is 37.3. The fourth-order valence-electron chi connectivity index (χ4n) is 5.42. The lowest BCUT2D eigenvalue weighted by atomic mass is 9.92. The molecule has 0 saturated heterocycles. The summed E-state index contributed by atoms with van der Waals surface area (Å²) < 4.78 is 7.24. The van der Waals surface area contributed by atoms with Gasteiger partial charge in [-0.05, 0) is 32.7 Å². The first-order valence-electron chi connectivity index (χ1n) is 13.3. The van der Waals surface area contributed by atoms with E-state index < -0.39 is 14.5 Å². The maximum Gasteiger partial charge on any atom is 0.547 e. The molecular formula is C34H35AlO. The molecule has 0 aliphatic heterocycles. The number of rotatable bonds is 8. The second-order valence-electron chi connectivity index (χ2n) is 10.7. The van der Waals surface area contributed by atoms with Gasteiger partial charge in [0.05, 0.1) is 5.75 Å². The highest BCUT2D eigenvalue weighted by Crippen LogP contribution is 2.44. The summed E-state index contributed by atoms with van der Waals surface area (Å²) in [5, 5.41) is 7.41. The Kier molecular flexibility index (Phi) is 7.47. The number of fused-ring (bicyclic) bond motifs is 2. The molecule has 0 fully saturated rings. The number of hydrogen-bond donors (Lipinski definition) is 0. The summed E-state index contributed by atoms with van der Waals surface area (Å²) in [6.07, 6.45) is 0. The van der Waals surface area contributed by atoms with Crippen molar-refractivity contribution in [1.29, 1.82) is 0 Å². The third kappa shape index (κ3) is 5.22. The zero-order valence-electron chi connectivity index (χ0n) is 21.9. The molecule has 0 aliphatic rings. The Labute approximate surface area is 220 Å². The monoisotopic (exact) mass is 486 g/mol. The molecule has 36 heavy (non-hydrogen) atoms. The van der Waals surface area contributed by atoms with Crippen LogP contribution >= 0.6 is 0 Å². The summed E-state index contributed by atoms with van der Waals surface area (Å²) in [5.74, 6) is 2.32. The van der Waals surface area contributed by atoms with Crippen LogP contribution in [0.15, 0.2) is 103 Å². The molecule has 0 heterocycles. The Balaban J connectivity index is 1.76. The van der Waals surface area contributed by atoms with E-state index in [4.69, 9.17) is 3.79 Å². The fraction of sp³-hybridized carbons (Fsp3) is 0.235. The zero-order valence-corrected chi connectivity index (χ0v) is 23.0. The van der Waals surface area contributed by atoms with Gasteiger partial charge in [-0.2, -0.15) is 0 Å². The Hall–Kier alpha value is -3.05. The first-order chi connectivity index (χ1) is 17.5. The molecule has 0 bridgehead atoms. The van der Waals surface area contributed by atoms with Crippen LogP contribution in [-0.4, -0.2) is 14.5 Å². The smallest absolute Gasteiger partial charge is 0.547 e. The maximum absolute atomic E-state index is 7.24. The molecule has 0 spiro atoms. The van der Waals surface area contributed by atoms with E-state index in [0.717, 1.165) is 5.75 Å². The average molecular weight is 487 g/mol. The molecule has 0 atom stereocenters. The minimum absolute atomic E-state index is 0.631. The van der Waals surface area contributed by atoms with Crippen LogP contribution in [0.4, 0.5) is 0 Å². The van der Waals surface area contributed by atoms with E-state index in [9.17, 15) is 0 Å². The summed E-state index contributed by atoms with van der Waals surface area (Å²) >= 11 is -1.50. The Morgan fingerprint density at radius 2 is 0.889 bits per heavy atom. The van der Waals surface area contributed by atoms with Gasteiger partial charge in [-0.1, -0.05) is 153 Å². The van der Waals surface area contributed by atoms with Gasteiger partial charge in [0.15, 0.2) is 0 Å². The Morgan fingerprint density at radius 3 is 1.36 bits per heavy atom. The molecular weight excluding hydrogens is 451 g/mol. The highest BCUT2D eigenvalue weighted by atomic mass is 27.2. The molecule has 5 aromatic carbocycles. The Bertz CT molecular complexity index is 1370. The lowest BCUT2D eigenvalue weighted by molar-refractivity contribution is 0.529. The molecule has 2 heteroatoms. The Morgan fingerprint density at radius 1 is 0.500 bits per heavy atom. The van der Waals surface area contributed by atoms with Crippen molar-refractivity contribution in [3.05, 3.63) is 103 Å². The molecule has 5 rings (SSSR count). The standard InChI is InChI=1S/C26H18O.2C4H9.Al/c27-26-24(22-14-5-10-18-8-1-3-12-20(18)22)16-7-17-25(26)23-15-6-11-19-9-2-4-13-21(19)23;2*1-4(2)3;/h1-17,27H;2*4H,1H2,2-3H3;/q;;;+1/p-1. The third-order valence-electron chi connectivity index (χ3n) is 6.93. The normalized spacial score (nSPS) is 11.5. The highest BCUT2D eigenvalue weighted by molar-refractivity contribution is 6.53. The molecule has 180 valence electrons. The predicted molar refractivity (Wildman–Crippen MR) is 158 cm³/mol. The van der Waals surface area contributed by atoms with Crippen LogP contribution < -0.4 is 3.79 Å². The van der Waals surface area contributed by atoms with E-state index in [2.05, 4.69) is 131 Å². The van der Waals surface area contributed by atoms with Crippen LogP contribution in [-0.2, 0) is 0 Å². The predicted octanol–water partition coefficient (Wildman–Crippen LogP) is 10.0. The number of hydrogen-bond acceptors (Lipinski definition) is 1. The quantitative estimate of drug-likeness (QED) is 0.198. The lowest BCUT2D eigenvalue weighted by Gasteiger charge is -2.24.